The van der Waals surface area contributed by atoms with Crippen LogP contribution in [0.5, 0.6) is 0 Å². The number of nitrogens with zero attached hydrogens (tertiary/aromatic N) is 1. The molecule has 2 aromatic rings. The number of hydrogen-bond donors (Lipinski definition) is 2. The van der Waals surface area contributed by atoms with Crippen LogP contribution in [-0.4, -0.2) is 52.9 Å². The second kappa shape index (κ2) is 9.46. The fourth-order valence-electron chi connectivity index (χ4n) is 3.26. The number of rotatable bonds is 8. The van der Waals surface area contributed by atoms with E-state index in [1.54, 1.807) is 35.7 Å². The molecule has 0 atom stereocenters. The van der Waals surface area contributed by atoms with E-state index < -0.39 is 20.0 Å². The summed E-state index contributed by atoms with van der Waals surface area (Å²) in [7, 11) is -6.74. The summed E-state index contributed by atoms with van der Waals surface area (Å²) in [4.78, 5) is 12.2. The predicted molar refractivity (Wildman–Crippen MR) is 117 cm³/mol. The Morgan fingerprint density at radius 2 is 1.77 bits per heavy atom. The number of carbonyl (C=O) groups is 1. The van der Waals surface area contributed by atoms with Crippen molar-refractivity contribution in [2.24, 2.45) is 5.92 Å². The van der Waals surface area contributed by atoms with Crippen LogP contribution in [0.2, 0.25) is 0 Å². The van der Waals surface area contributed by atoms with Gasteiger partial charge in [-0.1, -0.05) is 18.2 Å². The Balaban J connectivity index is 1.45. The van der Waals surface area contributed by atoms with Gasteiger partial charge >= 0.3 is 0 Å². The third kappa shape index (κ3) is 6.27. The molecule has 1 aliphatic rings. The first-order valence-corrected chi connectivity index (χ1v) is 13.7. The molecule has 3 rings (SSSR count). The standard InChI is InChI=1S/C19H25N3O5S3/c1-29(24,25)22-10-8-16(9-11-22)14-20-18(23)13-15-4-6-17(7-5-15)21-30(26,27)19-3-2-12-28-19/h2-7,12,16,21H,8-11,13-14H2,1H3,(H,20,23). The van der Waals surface area contributed by atoms with Crippen LogP contribution in [0.15, 0.2) is 46.0 Å². The molecular formula is C19H25N3O5S3. The first-order valence-electron chi connectivity index (χ1n) is 9.50. The molecule has 0 aliphatic carbocycles. The van der Waals surface area contributed by atoms with E-state index in [4.69, 9.17) is 0 Å². The summed E-state index contributed by atoms with van der Waals surface area (Å²) in [5, 5.41) is 4.61. The Labute approximate surface area is 181 Å². The largest absolute Gasteiger partial charge is 0.356 e. The Morgan fingerprint density at radius 3 is 2.33 bits per heavy atom. The van der Waals surface area contributed by atoms with Crippen molar-refractivity contribution in [3.05, 3.63) is 47.3 Å². The number of carbonyl (C=O) groups excluding carboxylic acids is 1. The van der Waals surface area contributed by atoms with Crippen molar-refractivity contribution >= 4 is 43.0 Å². The highest BCUT2D eigenvalue weighted by Crippen LogP contribution is 2.21. The van der Waals surface area contributed by atoms with E-state index in [0.29, 0.717) is 25.3 Å². The van der Waals surface area contributed by atoms with Crippen LogP contribution in [0, 0.1) is 5.92 Å². The Morgan fingerprint density at radius 1 is 1.10 bits per heavy atom. The highest BCUT2D eigenvalue weighted by Gasteiger charge is 2.25. The summed E-state index contributed by atoms with van der Waals surface area (Å²) in [5.74, 6) is 0.147. The van der Waals surface area contributed by atoms with E-state index in [2.05, 4.69) is 10.0 Å². The van der Waals surface area contributed by atoms with Gasteiger partial charge in [-0.3, -0.25) is 9.52 Å². The minimum atomic E-state index is -3.59. The molecule has 1 fully saturated rings. The van der Waals surface area contributed by atoms with Crippen LogP contribution in [-0.2, 0) is 31.3 Å². The highest BCUT2D eigenvalue weighted by atomic mass is 32.2. The van der Waals surface area contributed by atoms with E-state index >= 15 is 0 Å². The molecule has 2 N–H and O–H groups in total. The number of thiophene rings is 1. The maximum atomic E-state index is 12.2. The van der Waals surface area contributed by atoms with Crippen molar-refractivity contribution in [3.63, 3.8) is 0 Å². The van der Waals surface area contributed by atoms with Crippen LogP contribution in [0.3, 0.4) is 0 Å². The van der Waals surface area contributed by atoms with Gasteiger partial charge in [0.2, 0.25) is 15.9 Å². The third-order valence-corrected chi connectivity index (χ3v) is 9.04. The molecule has 1 aromatic heterocycles. The van der Waals surface area contributed by atoms with Crippen LogP contribution < -0.4 is 10.0 Å². The lowest BCUT2D eigenvalue weighted by Crippen LogP contribution is -2.41. The van der Waals surface area contributed by atoms with Gasteiger partial charge in [0, 0.05) is 25.3 Å². The molecule has 0 unspecified atom stereocenters. The second-order valence-corrected chi connectivity index (χ2v) is 12.2. The number of hydrogen-bond acceptors (Lipinski definition) is 6. The number of benzene rings is 1. The average Bonchev–Trinajstić information content (AvgIpc) is 3.23. The van der Waals surface area contributed by atoms with E-state index in [1.807, 2.05) is 0 Å². The molecular weight excluding hydrogens is 446 g/mol. The van der Waals surface area contributed by atoms with Crippen LogP contribution in [0.1, 0.15) is 18.4 Å². The number of anilines is 1. The molecule has 1 aromatic carbocycles. The smallest absolute Gasteiger partial charge is 0.271 e. The summed E-state index contributed by atoms with van der Waals surface area (Å²) in [6.45, 7) is 1.50. The van der Waals surface area contributed by atoms with Gasteiger partial charge in [0.05, 0.1) is 12.7 Å². The lowest BCUT2D eigenvalue weighted by Gasteiger charge is -2.30. The summed E-state index contributed by atoms with van der Waals surface area (Å²) in [6, 6.07) is 9.92. The van der Waals surface area contributed by atoms with E-state index in [9.17, 15) is 21.6 Å². The molecule has 0 radical (unpaired) electrons. The fourth-order valence-corrected chi connectivity index (χ4v) is 6.19. The fraction of sp³-hybridized carbons (Fsp3) is 0.421. The summed E-state index contributed by atoms with van der Waals surface area (Å²) < 4.78 is 51.8. The molecule has 11 heteroatoms. The van der Waals surface area contributed by atoms with Crippen molar-refractivity contribution in [3.8, 4) is 0 Å². The lowest BCUT2D eigenvalue weighted by atomic mass is 9.98. The van der Waals surface area contributed by atoms with Gasteiger partial charge in [-0.25, -0.2) is 21.1 Å². The van der Waals surface area contributed by atoms with Crippen molar-refractivity contribution in [1.82, 2.24) is 9.62 Å². The van der Waals surface area contributed by atoms with Crippen molar-refractivity contribution < 1.29 is 21.6 Å². The zero-order valence-corrected chi connectivity index (χ0v) is 19.0. The normalized spacial score (nSPS) is 16.3. The zero-order chi connectivity index (χ0) is 21.8. The molecule has 0 saturated carbocycles. The highest BCUT2D eigenvalue weighted by molar-refractivity contribution is 7.94. The van der Waals surface area contributed by atoms with Gasteiger partial charge in [0.15, 0.2) is 0 Å². The van der Waals surface area contributed by atoms with Crippen molar-refractivity contribution in [2.45, 2.75) is 23.5 Å². The molecule has 30 heavy (non-hydrogen) atoms. The maximum absolute atomic E-state index is 12.2. The Bertz CT molecular complexity index is 1060. The van der Waals surface area contributed by atoms with E-state index in [1.165, 1.54) is 16.6 Å². The van der Waals surface area contributed by atoms with Crippen LogP contribution in [0.25, 0.3) is 0 Å². The summed E-state index contributed by atoms with van der Waals surface area (Å²) in [6.07, 6.45) is 2.87. The minimum Gasteiger partial charge on any atom is -0.356 e. The Hall–Kier alpha value is -1.95. The van der Waals surface area contributed by atoms with Gasteiger partial charge in [-0.2, -0.15) is 0 Å². The minimum absolute atomic E-state index is 0.118. The number of amides is 1. The lowest BCUT2D eigenvalue weighted by molar-refractivity contribution is -0.120. The SMILES string of the molecule is CS(=O)(=O)N1CCC(CNC(=O)Cc2ccc(NS(=O)(=O)c3cccs3)cc2)CC1. The van der Waals surface area contributed by atoms with Gasteiger partial charge in [0.25, 0.3) is 10.0 Å². The van der Waals surface area contributed by atoms with Crippen molar-refractivity contribution in [1.29, 1.82) is 0 Å². The van der Waals surface area contributed by atoms with Crippen LogP contribution >= 0.6 is 11.3 Å². The molecule has 0 spiro atoms. The van der Waals surface area contributed by atoms with Gasteiger partial charge in [-0.05, 0) is 47.9 Å². The Kier molecular flexibility index (Phi) is 7.17. The molecule has 0 bridgehead atoms. The first kappa shape index (κ1) is 22.7. The molecule has 164 valence electrons. The van der Waals surface area contributed by atoms with E-state index in [-0.39, 0.29) is 22.5 Å². The third-order valence-electron chi connectivity index (χ3n) is 4.96. The number of sulfonamides is 2. The van der Waals surface area contributed by atoms with Gasteiger partial charge in [0.1, 0.15) is 4.21 Å². The molecule has 2 heterocycles. The molecule has 1 amide bonds. The number of piperidine rings is 1. The maximum Gasteiger partial charge on any atom is 0.271 e. The van der Waals surface area contributed by atoms with E-state index in [0.717, 1.165) is 29.7 Å². The number of nitrogens with one attached hydrogen (secondary N) is 2. The van der Waals surface area contributed by atoms with Crippen LogP contribution in [0.4, 0.5) is 5.69 Å². The molecule has 8 nitrogen and oxygen atoms in total. The quantitative estimate of drug-likeness (QED) is 0.610. The second-order valence-electron chi connectivity index (χ2n) is 7.32. The first-order chi connectivity index (χ1) is 14.1. The summed E-state index contributed by atoms with van der Waals surface area (Å²) in [5.41, 5.74) is 1.21. The topological polar surface area (TPSA) is 113 Å². The van der Waals surface area contributed by atoms with Gasteiger partial charge < -0.3 is 5.32 Å². The molecule has 1 aliphatic heterocycles. The van der Waals surface area contributed by atoms with Crippen molar-refractivity contribution in [2.75, 3.05) is 30.6 Å². The summed E-state index contributed by atoms with van der Waals surface area (Å²) >= 11 is 1.14. The molecule has 1 saturated heterocycles. The average molecular weight is 472 g/mol. The monoisotopic (exact) mass is 471 g/mol. The predicted octanol–water partition coefficient (Wildman–Crippen LogP) is 1.88. The zero-order valence-electron chi connectivity index (χ0n) is 16.6. The van der Waals surface area contributed by atoms with Gasteiger partial charge in [-0.15, -0.1) is 11.3 Å².